The molecule has 35 heavy (non-hydrogen) atoms. The van der Waals surface area contributed by atoms with E-state index in [1.165, 1.54) is 12.8 Å². The molecule has 3 aromatic carbocycles. The molecule has 0 heterocycles. The molecule has 0 fully saturated rings. The highest BCUT2D eigenvalue weighted by atomic mass is 16.5. The number of unbranched alkanes of at least 4 members (excludes halogenated alkanes) is 3. The van der Waals surface area contributed by atoms with E-state index in [9.17, 15) is 9.59 Å². The summed E-state index contributed by atoms with van der Waals surface area (Å²) >= 11 is 0. The zero-order valence-electron chi connectivity index (χ0n) is 20.6. The molecule has 0 bridgehead atoms. The molecule has 2 amide bonds. The first-order valence-corrected chi connectivity index (χ1v) is 12.3. The second kappa shape index (κ2) is 13.8. The van der Waals surface area contributed by atoms with Gasteiger partial charge in [0.25, 0.3) is 5.91 Å². The smallest absolute Gasteiger partial charge is 0.251 e. The van der Waals surface area contributed by atoms with Crippen LogP contribution in [0, 0.1) is 0 Å². The van der Waals surface area contributed by atoms with E-state index < -0.39 is 0 Å². The van der Waals surface area contributed by atoms with Gasteiger partial charge in [0.2, 0.25) is 5.91 Å². The van der Waals surface area contributed by atoms with Crippen molar-refractivity contribution in [2.24, 2.45) is 0 Å². The third-order valence-corrected chi connectivity index (χ3v) is 5.61. The third-order valence-electron chi connectivity index (χ3n) is 5.61. The van der Waals surface area contributed by atoms with Crippen LogP contribution in [0.25, 0.3) is 0 Å². The van der Waals surface area contributed by atoms with Gasteiger partial charge in [0.15, 0.2) is 0 Å². The number of carbonyl (C=O) groups is 2. The summed E-state index contributed by atoms with van der Waals surface area (Å²) in [5.74, 6) is 0.398. The summed E-state index contributed by atoms with van der Waals surface area (Å²) in [6.45, 7) is 4.88. The number of anilines is 2. The number of rotatable bonds is 13. The van der Waals surface area contributed by atoms with Gasteiger partial charge in [-0.1, -0.05) is 68.7 Å². The van der Waals surface area contributed by atoms with Crippen molar-refractivity contribution in [1.82, 2.24) is 5.32 Å². The van der Waals surface area contributed by atoms with E-state index in [1.54, 1.807) is 18.2 Å². The first-order chi connectivity index (χ1) is 17.0. The third kappa shape index (κ3) is 8.81. The molecule has 0 saturated carbocycles. The Morgan fingerprint density at radius 1 is 0.857 bits per heavy atom. The summed E-state index contributed by atoms with van der Waals surface area (Å²) in [5, 5.41) is 8.98. The largest absolute Gasteiger partial charge is 0.494 e. The SMILES string of the molecule is CCCCCCOc1cccc(NC(=O)CNc2cccc(C(=O)NC(C)c3ccccc3)c2)c1. The molecule has 0 saturated heterocycles. The lowest BCUT2D eigenvalue weighted by atomic mass is 10.1. The normalized spacial score (nSPS) is 11.4. The summed E-state index contributed by atoms with van der Waals surface area (Å²) in [7, 11) is 0. The highest BCUT2D eigenvalue weighted by Gasteiger charge is 2.12. The van der Waals surface area contributed by atoms with Crippen molar-refractivity contribution in [3.05, 3.63) is 90.0 Å². The fourth-order valence-corrected chi connectivity index (χ4v) is 3.65. The molecular formula is C29H35N3O3. The molecule has 0 aliphatic carbocycles. The molecule has 0 aliphatic rings. The number of ether oxygens (including phenoxy) is 1. The van der Waals surface area contributed by atoms with E-state index in [4.69, 9.17) is 4.74 Å². The summed E-state index contributed by atoms with van der Waals surface area (Å²) in [5.41, 5.74) is 2.95. The molecule has 3 aromatic rings. The van der Waals surface area contributed by atoms with E-state index in [0.29, 0.717) is 23.5 Å². The van der Waals surface area contributed by atoms with Gasteiger partial charge in [-0.25, -0.2) is 0 Å². The standard InChI is InChI=1S/C29H35N3O3/c1-3-4-5-9-18-35-27-17-11-16-26(20-27)32-28(33)21-30-25-15-10-14-24(19-25)29(34)31-22(2)23-12-7-6-8-13-23/h6-8,10-17,19-20,22,30H,3-5,9,18,21H2,1-2H3,(H,31,34)(H,32,33). The number of hydrogen-bond acceptors (Lipinski definition) is 4. The van der Waals surface area contributed by atoms with Gasteiger partial charge in [0.1, 0.15) is 5.75 Å². The Bertz CT molecular complexity index is 1090. The van der Waals surface area contributed by atoms with E-state index in [0.717, 1.165) is 24.2 Å². The maximum atomic E-state index is 12.7. The van der Waals surface area contributed by atoms with Crippen molar-refractivity contribution in [2.45, 2.75) is 45.6 Å². The van der Waals surface area contributed by atoms with Gasteiger partial charge in [-0.05, 0) is 49.2 Å². The zero-order chi connectivity index (χ0) is 24.9. The number of hydrogen-bond donors (Lipinski definition) is 3. The summed E-state index contributed by atoms with van der Waals surface area (Å²) in [6.07, 6.45) is 4.59. The molecule has 0 radical (unpaired) electrons. The number of carbonyl (C=O) groups excluding carboxylic acids is 2. The summed E-state index contributed by atoms with van der Waals surface area (Å²) < 4.78 is 5.79. The van der Waals surface area contributed by atoms with Crippen LogP contribution in [-0.4, -0.2) is 25.0 Å². The fraction of sp³-hybridized carbons (Fsp3) is 0.310. The lowest BCUT2D eigenvalue weighted by molar-refractivity contribution is -0.114. The Hall–Kier alpha value is -3.80. The molecule has 0 spiro atoms. The maximum Gasteiger partial charge on any atom is 0.251 e. The highest BCUT2D eigenvalue weighted by molar-refractivity contribution is 5.96. The van der Waals surface area contributed by atoms with Gasteiger partial charge in [0.05, 0.1) is 19.2 Å². The van der Waals surface area contributed by atoms with Crippen LogP contribution in [-0.2, 0) is 4.79 Å². The van der Waals surface area contributed by atoms with Crippen LogP contribution in [0.1, 0.15) is 61.5 Å². The Morgan fingerprint density at radius 3 is 2.43 bits per heavy atom. The summed E-state index contributed by atoms with van der Waals surface area (Å²) in [4.78, 5) is 25.1. The topological polar surface area (TPSA) is 79.5 Å². The van der Waals surface area contributed by atoms with Crippen LogP contribution in [0.15, 0.2) is 78.9 Å². The van der Waals surface area contributed by atoms with E-state index >= 15 is 0 Å². The van der Waals surface area contributed by atoms with Crippen LogP contribution in [0.5, 0.6) is 5.75 Å². The highest BCUT2D eigenvalue weighted by Crippen LogP contribution is 2.18. The molecule has 6 nitrogen and oxygen atoms in total. The average Bonchev–Trinajstić information content (AvgIpc) is 2.88. The lowest BCUT2D eigenvalue weighted by Gasteiger charge is -2.15. The molecule has 3 rings (SSSR count). The first kappa shape index (κ1) is 25.8. The minimum Gasteiger partial charge on any atom is -0.494 e. The second-order valence-electron chi connectivity index (χ2n) is 8.53. The number of amides is 2. The lowest BCUT2D eigenvalue weighted by Crippen LogP contribution is -2.26. The van der Waals surface area contributed by atoms with Gasteiger partial charge < -0.3 is 20.7 Å². The van der Waals surface area contributed by atoms with Crippen molar-refractivity contribution in [2.75, 3.05) is 23.8 Å². The molecule has 184 valence electrons. The van der Waals surface area contributed by atoms with Crippen LogP contribution < -0.4 is 20.7 Å². The van der Waals surface area contributed by atoms with Crippen molar-refractivity contribution < 1.29 is 14.3 Å². The molecule has 0 aliphatic heterocycles. The van der Waals surface area contributed by atoms with Crippen molar-refractivity contribution in [3.8, 4) is 5.75 Å². The minimum absolute atomic E-state index is 0.0770. The minimum atomic E-state index is -0.183. The monoisotopic (exact) mass is 473 g/mol. The van der Waals surface area contributed by atoms with Crippen molar-refractivity contribution in [1.29, 1.82) is 0 Å². The average molecular weight is 474 g/mol. The van der Waals surface area contributed by atoms with Gasteiger partial charge in [-0.15, -0.1) is 0 Å². The van der Waals surface area contributed by atoms with E-state index in [-0.39, 0.29) is 24.4 Å². The van der Waals surface area contributed by atoms with Crippen molar-refractivity contribution >= 4 is 23.2 Å². The zero-order valence-corrected chi connectivity index (χ0v) is 20.6. The van der Waals surface area contributed by atoms with Crippen molar-refractivity contribution in [3.63, 3.8) is 0 Å². The Kier molecular flexibility index (Phi) is 10.2. The fourth-order valence-electron chi connectivity index (χ4n) is 3.65. The van der Waals surface area contributed by atoms with Gasteiger partial charge >= 0.3 is 0 Å². The Labute approximate surface area is 208 Å². The summed E-state index contributed by atoms with van der Waals surface area (Å²) in [6, 6.07) is 24.3. The van der Waals surface area contributed by atoms with Crippen LogP contribution in [0.4, 0.5) is 11.4 Å². The van der Waals surface area contributed by atoms with Crippen LogP contribution in [0.3, 0.4) is 0 Å². The molecule has 6 heteroatoms. The number of nitrogens with one attached hydrogen (secondary N) is 3. The van der Waals surface area contributed by atoms with Gasteiger partial charge in [0, 0.05) is 23.0 Å². The van der Waals surface area contributed by atoms with Crippen LogP contribution >= 0.6 is 0 Å². The predicted molar refractivity (Wildman–Crippen MR) is 142 cm³/mol. The van der Waals surface area contributed by atoms with E-state index in [2.05, 4.69) is 22.9 Å². The quantitative estimate of drug-likeness (QED) is 0.259. The van der Waals surface area contributed by atoms with Gasteiger partial charge in [-0.2, -0.15) is 0 Å². The predicted octanol–water partition coefficient (Wildman–Crippen LogP) is 6.19. The molecule has 1 unspecified atom stereocenters. The Balaban J connectivity index is 1.47. The second-order valence-corrected chi connectivity index (χ2v) is 8.53. The molecular weight excluding hydrogens is 438 g/mol. The van der Waals surface area contributed by atoms with Gasteiger partial charge in [-0.3, -0.25) is 9.59 Å². The molecule has 1 atom stereocenters. The maximum absolute atomic E-state index is 12.7. The molecule has 3 N–H and O–H groups in total. The number of benzene rings is 3. The Morgan fingerprint density at radius 2 is 1.63 bits per heavy atom. The first-order valence-electron chi connectivity index (χ1n) is 12.3. The molecule has 0 aromatic heterocycles. The van der Waals surface area contributed by atoms with Crippen LogP contribution in [0.2, 0.25) is 0 Å². The van der Waals surface area contributed by atoms with E-state index in [1.807, 2.05) is 67.6 Å².